The molecule has 2 aliphatic rings. The summed E-state index contributed by atoms with van der Waals surface area (Å²) >= 11 is 0. The van der Waals surface area contributed by atoms with Gasteiger partial charge in [0.1, 0.15) is 0 Å². The standard InChI is InChI=1S/C18H31N5O2/c1-3-4-7-21-9-10-23-16(13-21)11-15(20-23)12-19-18(24)22-8-5-6-17(14-22)25-2/h11,17H,3-10,12-14H2,1-2H3,(H,19,24)/t17-/m1/s1. The second-order valence-electron chi connectivity index (χ2n) is 7.08. The molecule has 2 amide bonds. The van der Waals surface area contributed by atoms with Crippen LogP contribution >= 0.6 is 0 Å². The van der Waals surface area contributed by atoms with E-state index in [1.54, 1.807) is 7.11 Å². The van der Waals surface area contributed by atoms with E-state index in [1.807, 2.05) is 4.90 Å². The molecule has 0 saturated carbocycles. The number of hydrogen-bond acceptors (Lipinski definition) is 4. The topological polar surface area (TPSA) is 62.6 Å². The average molecular weight is 349 g/mol. The summed E-state index contributed by atoms with van der Waals surface area (Å²) in [4.78, 5) is 16.7. The van der Waals surface area contributed by atoms with Crippen molar-refractivity contribution in [3.8, 4) is 0 Å². The van der Waals surface area contributed by atoms with Gasteiger partial charge in [-0.15, -0.1) is 0 Å². The van der Waals surface area contributed by atoms with Crippen LogP contribution in [0.1, 0.15) is 44.0 Å². The Balaban J connectivity index is 1.49. The molecule has 1 saturated heterocycles. The predicted molar refractivity (Wildman–Crippen MR) is 96.3 cm³/mol. The molecule has 0 unspecified atom stereocenters. The summed E-state index contributed by atoms with van der Waals surface area (Å²) in [5.74, 6) is 0. The third-order valence-electron chi connectivity index (χ3n) is 5.17. The minimum Gasteiger partial charge on any atom is -0.380 e. The van der Waals surface area contributed by atoms with Gasteiger partial charge in [-0.1, -0.05) is 13.3 Å². The minimum atomic E-state index is -0.0164. The maximum atomic E-state index is 12.4. The van der Waals surface area contributed by atoms with E-state index in [9.17, 15) is 4.79 Å². The summed E-state index contributed by atoms with van der Waals surface area (Å²) in [6, 6.07) is 2.12. The molecule has 7 nitrogen and oxygen atoms in total. The largest absolute Gasteiger partial charge is 0.380 e. The SMILES string of the molecule is CCCCN1CCn2nc(CNC(=O)N3CCC[C@@H](OC)C3)cc2C1. The van der Waals surface area contributed by atoms with Crippen molar-refractivity contribution in [1.29, 1.82) is 0 Å². The zero-order valence-electron chi connectivity index (χ0n) is 15.5. The van der Waals surface area contributed by atoms with Gasteiger partial charge in [-0.2, -0.15) is 5.10 Å². The van der Waals surface area contributed by atoms with Gasteiger partial charge in [0.2, 0.25) is 0 Å². The molecular weight excluding hydrogens is 318 g/mol. The molecule has 3 heterocycles. The number of nitrogens with zero attached hydrogens (tertiary/aromatic N) is 4. The maximum Gasteiger partial charge on any atom is 0.317 e. The van der Waals surface area contributed by atoms with Gasteiger partial charge in [-0.25, -0.2) is 4.79 Å². The van der Waals surface area contributed by atoms with Crippen LogP contribution < -0.4 is 5.32 Å². The fraction of sp³-hybridized carbons (Fsp3) is 0.778. The molecule has 140 valence electrons. The Morgan fingerprint density at radius 2 is 2.28 bits per heavy atom. The molecule has 7 heteroatoms. The molecule has 1 aromatic rings. The molecule has 0 bridgehead atoms. The van der Waals surface area contributed by atoms with Crippen molar-refractivity contribution in [1.82, 2.24) is 24.9 Å². The van der Waals surface area contributed by atoms with Gasteiger partial charge in [0.05, 0.1) is 30.6 Å². The van der Waals surface area contributed by atoms with E-state index >= 15 is 0 Å². The summed E-state index contributed by atoms with van der Waals surface area (Å²) in [5, 5.41) is 7.66. The highest BCUT2D eigenvalue weighted by molar-refractivity contribution is 5.74. The van der Waals surface area contributed by atoms with Crippen LogP contribution in [0, 0.1) is 0 Å². The van der Waals surface area contributed by atoms with Crippen molar-refractivity contribution in [3.63, 3.8) is 0 Å². The van der Waals surface area contributed by atoms with Crippen LogP contribution in [0.2, 0.25) is 0 Å². The number of carbonyl (C=O) groups excluding carboxylic acids is 1. The number of rotatable bonds is 6. The van der Waals surface area contributed by atoms with Crippen LogP contribution in [0.4, 0.5) is 4.79 Å². The monoisotopic (exact) mass is 349 g/mol. The number of urea groups is 1. The molecule has 25 heavy (non-hydrogen) atoms. The fourth-order valence-corrected chi connectivity index (χ4v) is 3.63. The van der Waals surface area contributed by atoms with E-state index < -0.39 is 0 Å². The van der Waals surface area contributed by atoms with E-state index in [4.69, 9.17) is 4.74 Å². The molecule has 1 atom stereocenters. The van der Waals surface area contributed by atoms with Crippen molar-refractivity contribution in [2.45, 2.75) is 58.3 Å². The number of fused-ring (bicyclic) bond motifs is 1. The normalized spacial score (nSPS) is 21.2. The lowest BCUT2D eigenvalue weighted by Crippen LogP contribution is -2.47. The summed E-state index contributed by atoms with van der Waals surface area (Å²) in [6.07, 6.45) is 4.66. The number of hydrogen-bond donors (Lipinski definition) is 1. The van der Waals surface area contributed by atoms with Crippen LogP contribution in [-0.4, -0.2) is 65.0 Å². The van der Waals surface area contributed by atoms with Crippen LogP contribution in [0.15, 0.2) is 6.07 Å². The van der Waals surface area contributed by atoms with Gasteiger partial charge in [0.25, 0.3) is 0 Å². The number of nitrogens with one attached hydrogen (secondary N) is 1. The number of likely N-dealkylation sites (tertiary alicyclic amines) is 1. The average Bonchev–Trinajstić information content (AvgIpc) is 3.06. The Labute approximate surface area is 150 Å². The Kier molecular flexibility index (Phi) is 6.31. The Morgan fingerprint density at radius 1 is 1.40 bits per heavy atom. The highest BCUT2D eigenvalue weighted by Gasteiger charge is 2.23. The van der Waals surface area contributed by atoms with Gasteiger partial charge in [0, 0.05) is 33.3 Å². The maximum absolute atomic E-state index is 12.4. The van der Waals surface area contributed by atoms with Crippen LogP contribution in [0.3, 0.4) is 0 Å². The van der Waals surface area contributed by atoms with Crippen molar-refractivity contribution in [2.24, 2.45) is 0 Å². The third-order valence-corrected chi connectivity index (χ3v) is 5.17. The first kappa shape index (κ1) is 18.2. The second-order valence-corrected chi connectivity index (χ2v) is 7.08. The van der Waals surface area contributed by atoms with Crippen LogP contribution in [0.5, 0.6) is 0 Å². The van der Waals surface area contributed by atoms with Crippen LogP contribution in [0.25, 0.3) is 0 Å². The van der Waals surface area contributed by atoms with Crippen molar-refractivity contribution >= 4 is 6.03 Å². The molecule has 0 aromatic carbocycles. The minimum absolute atomic E-state index is 0.0164. The van der Waals surface area contributed by atoms with Gasteiger partial charge in [0.15, 0.2) is 0 Å². The van der Waals surface area contributed by atoms with Gasteiger partial charge in [-0.3, -0.25) is 9.58 Å². The third kappa shape index (κ3) is 4.73. The van der Waals surface area contributed by atoms with Gasteiger partial charge in [-0.05, 0) is 31.9 Å². The predicted octanol–water partition coefficient (Wildman–Crippen LogP) is 1.82. The summed E-state index contributed by atoms with van der Waals surface area (Å²) in [5.41, 5.74) is 2.20. The quantitative estimate of drug-likeness (QED) is 0.851. The van der Waals surface area contributed by atoms with E-state index in [-0.39, 0.29) is 12.1 Å². The molecular formula is C18H31N5O2. The van der Waals surface area contributed by atoms with Crippen molar-refractivity contribution in [2.75, 3.05) is 33.3 Å². The first-order valence-electron chi connectivity index (χ1n) is 9.53. The highest BCUT2D eigenvalue weighted by Crippen LogP contribution is 2.15. The zero-order chi connectivity index (χ0) is 17.6. The smallest absolute Gasteiger partial charge is 0.317 e. The van der Waals surface area contributed by atoms with Crippen LogP contribution in [-0.2, 0) is 24.4 Å². The number of unbranched alkanes of at least 4 members (excludes halogenated alkanes) is 1. The first-order chi connectivity index (χ1) is 12.2. The van der Waals surface area contributed by atoms with Gasteiger partial charge >= 0.3 is 6.03 Å². The van der Waals surface area contributed by atoms with Crippen molar-refractivity contribution in [3.05, 3.63) is 17.5 Å². The number of piperidine rings is 1. The number of methoxy groups -OCH3 is 1. The molecule has 0 aliphatic carbocycles. The molecule has 1 N–H and O–H groups in total. The number of carbonyl (C=O) groups is 1. The van der Waals surface area contributed by atoms with Gasteiger partial charge < -0.3 is 15.0 Å². The summed E-state index contributed by atoms with van der Waals surface area (Å²) in [6.45, 7) is 8.31. The van der Waals surface area contributed by atoms with Crippen molar-refractivity contribution < 1.29 is 9.53 Å². The summed E-state index contributed by atoms with van der Waals surface area (Å²) < 4.78 is 7.47. The fourth-order valence-electron chi connectivity index (χ4n) is 3.63. The van der Waals surface area contributed by atoms with E-state index in [0.29, 0.717) is 13.1 Å². The first-order valence-corrected chi connectivity index (χ1v) is 9.53. The molecule has 2 aliphatic heterocycles. The molecule has 3 rings (SSSR count). The molecule has 0 spiro atoms. The lowest BCUT2D eigenvalue weighted by atomic mass is 10.1. The zero-order valence-corrected chi connectivity index (χ0v) is 15.5. The Bertz CT molecular complexity index is 574. The molecule has 1 aromatic heterocycles. The summed E-state index contributed by atoms with van der Waals surface area (Å²) in [7, 11) is 1.71. The molecule has 1 fully saturated rings. The van der Waals surface area contributed by atoms with E-state index in [1.165, 1.54) is 18.5 Å². The lowest BCUT2D eigenvalue weighted by molar-refractivity contribution is 0.0434. The van der Waals surface area contributed by atoms with E-state index in [2.05, 4.69) is 33.0 Å². The second kappa shape index (κ2) is 8.67. The lowest BCUT2D eigenvalue weighted by Gasteiger charge is -2.31. The number of amides is 2. The number of aromatic nitrogens is 2. The molecule has 0 radical (unpaired) electrons. The Morgan fingerprint density at radius 3 is 3.08 bits per heavy atom. The highest BCUT2D eigenvalue weighted by atomic mass is 16.5. The Hall–Kier alpha value is -1.60. The number of ether oxygens (including phenoxy) is 1. The van der Waals surface area contributed by atoms with E-state index in [0.717, 1.165) is 51.3 Å².